The van der Waals surface area contributed by atoms with Gasteiger partial charge in [-0.05, 0) is 43.5 Å². The molecule has 3 N–H and O–H groups in total. The third kappa shape index (κ3) is 10.5. The lowest BCUT2D eigenvalue weighted by molar-refractivity contribution is -0.275. The monoisotopic (exact) mass is 622 g/mol. The standard InChI is InChI=1S/C35H37F3N2O5/c1-24-8-5-10-26(18-24)22-43-31-14-4-3-12-28(31)20-40(17-16-30(39)34(41)42)21-29-13-7-15-32(45-35(36,37)38)33(29)44-23-27-11-6-9-25(2)19-27/h3-15,18-19,30H,16-17,20-23,39H2,1-2H3,(H,41,42)/t30-/m0/s1. The van der Waals surface area contributed by atoms with Gasteiger partial charge in [-0.3, -0.25) is 9.69 Å². The summed E-state index contributed by atoms with van der Waals surface area (Å²) >= 11 is 0. The molecule has 0 amide bonds. The Kier molecular flexibility index (Phi) is 11.5. The number of nitrogens with two attached hydrogens (primary N) is 1. The number of carboxylic acids is 1. The Hall–Kier alpha value is -4.54. The van der Waals surface area contributed by atoms with Gasteiger partial charge in [-0.1, -0.05) is 90.0 Å². The van der Waals surface area contributed by atoms with Gasteiger partial charge >= 0.3 is 12.3 Å². The fourth-order valence-electron chi connectivity index (χ4n) is 4.89. The largest absolute Gasteiger partial charge is 0.573 e. The number of carboxylic acid groups (broad SMARTS) is 1. The van der Waals surface area contributed by atoms with E-state index in [1.165, 1.54) is 12.1 Å². The lowest BCUT2D eigenvalue weighted by Crippen LogP contribution is -2.35. The minimum atomic E-state index is -4.93. The predicted octanol–water partition coefficient (Wildman–Crippen LogP) is 7.16. The average Bonchev–Trinajstić information content (AvgIpc) is 2.98. The third-order valence-electron chi connectivity index (χ3n) is 7.06. The van der Waals surface area contributed by atoms with Crippen LogP contribution in [0.2, 0.25) is 0 Å². The van der Waals surface area contributed by atoms with Gasteiger partial charge in [0.25, 0.3) is 0 Å². The number of benzene rings is 4. The van der Waals surface area contributed by atoms with Gasteiger partial charge in [0.2, 0.25) is 0 Å². The van der Waals surface area contributed by atoms with Crippen LogP contribution in [0.5, 0.6) is 17.2 Å². The Bertz CT molecular complexity index is 1580. The summed E-state index contributed by atoms with van der Waals surface area (Å²) in [5.74, 6) is -1.01. The van der Waals surface area contributed by atoms with Crippen LogP contribution in [0.4, 0.5) is 13.2 Å². The zero-order valence-corrected chi connectivity index (χ0v) is 25.2. The molecule has 238 valence electrons. The second-order valence-electron chi connectivity index (χ2n) is 10.9. The highest BCUT2D eigenvalue weighted by Gasteiger charge is 2.33. The molecule has 0 aromatic heterocycles. The van der Waals surface area contributed by atoms with Crippen LogP contribution >= 0.6 is 0 Å². The number of aliphatic carboxylic acids is 1. The van der Waals surface area contributed by atoms with Crippen molar-refractivity contribution >= 4 is 5.97 Å². The molecule has 4 rings (SSSR count). The zero-order valence-electron chi connectivity index (χ0n) is 25.2. The Morgan fingerprint density at radius 3 is 1.98 bits per heavy atom. The minimum absolute atomic E-state index is 0.0203. The van der Waals surface area contributed by atoms with E-state index in [0.29, 0.717) is 24.5 Å². The van der Waals surface area contributed by atoms with E-state index in [9.17, 15) is 23.1 Å². The van der Waals surface area contributed by atoms with Crippen molar-refractivity contribution in [2.75, 3.05) is 6.54 Å². The summed E-state index contributed by atoms with van der Waals surface area (Å²) in [6.07, 6.45) is -4.82. The first-order chi connectivity index (χ1) is 21.5. The van der Waals surface area contributed by atoms with E-state index < -0.39 is 24.1 Å². The van der Waals surface area contributed by atoms with Crippen LogP contribution in [-0.4, -0.2) is 34.9 Å². The Labute approximate surface area is 261 Å². The topological polar surface area (TPSA) is 94.3 Å². The van der Waals surface area contributed by atoms with Crippen LogP contribution in [0, 0.1) is 13.8 Å². The normalized spacial score (nSPS) is 12.2. The molecular formula is C35H37F3N2O5. The van der Waals surface area contributed by atoms with Crippen LogP contribution in [0.3, 0.4) is 0 Å². The molecule has 0 unspecified atom stereocenters. The van der Waals surface area contributed by atoms with E-state index in [2.05, 4.69) is 4.74 Å². The third-order valence-corrected chi connectivity index (χ3v) is 7.06. The maximum atomic E-state index is 13.4. The number of carbonyl (C=O) groups is 1. The highest BCUT2D eigenvalue weighted by Crippen LogP contribution is 2.37. The molecule has 0 aliphatic carbocycles. The highest BCUT2D eigenvalue weighted by atomic mass is 19.4. The lowest BCUT2D eigenvalue weighted by atomic mass is 10.1. The van der Waals surface area contributed by atoms with Gasteiger partial charge in [0.15, 0.2) is 11.5 Å². The Morgan fingerprint density at radius 2 is 1.36 bits per heavy atom. The van der Waals surface area contributed by atoms with Crippen molar-refractivity contribution in [1.29, 1.82) is 0 Å². The Balaban J connectivity index is 1.62. The van der Waals surface area contributed by atoms with Crippen LogP contribution in [0.25, 0.3) is 0 Å². The van der Waals surface area contributed by atoms with Crippen LogP contribution in [0.15, 0.2) is 91.0 Å². The first kappa shape index (κ1) is 33.4. The SMILES string of the molecule is Cc1cccc(COc2ccccc2CN(CC[C@H](N)C(=O)O)Cc2cccc(OC(F)(F)F)c2OCc2cccc(C)c2)c1. The molecule has 0 bridgehead atoms. The molecule has 0 fully saturated rings. The molecule has 1 atom stereocenters. The molecule has 0 saturated heterocycles. The van der Waals surface area contributed by atoms with E-state index in [0.717, 1.165) is 27.8 Å². The molecule has 7 nitrogen and oxygen atoms in total. The first-order valence-electron chi connectivity index (χ1n) is 14.5. The van der Waals surface area contributed by atoms with Crippen molar-refractivity contribution in [2.24, 2.45) is 5.73 Å². The van der Waals surface area contributed by atoms with Crippen LogP contribution in [-0.2, 0) is 31.1 Å². The summed E-state index contributed by atoms with van der Waals surface area (Å²) < 4.78 is 56.7. The maximum Gasteiger partial charge on any atom is 0.573 e. The quantitative estimate of drug-likeness (QED) is 0.145. The number of hydrogen-bond acceptors (Lipinski definition) is 6. The summed E-state index contributed by atoms with van der Waals surface area (Å²) in [4.78, 5) is 13.4. The number of hydrogen-bond donors (Lipinski definition) is 2. The molecule has 0 aliphatic rings. The Morgan fingerprint density at radius 1 is 0.800 bits per heavy atom. The van der Waals surface area contributed by atoms with Gasteiger partial charge in [-0.15, -0.1) is 13.2 Å². The van der Waals surface area contributed by atoms with Crippen molar-refractivity contribution < 1.29 is 37.3 Å². The maximum absolute atomic E-state index is 13.4. The van der Waals surface area contributed by atoms with Gasteiger partial charge in [0.1, 0.15) is 25.0 Å². The average molecular weight is 623 g/mol. The molecule has 10 heteroatoms. The fourth-order valence-corrected chi connectivity index (χ4v) is 4.89. The van der Waals surface area contributed by atoms with Gasteiger partial charge in [0, 0.05) is 30.8 Å². The van der Waals surface area contributed by atoms with E-state index in [1.54, 1.807) is 6.07 Å². The predicted molar refractivity (Wildman–Crippen MR) is 165 cm³/mol. The van der Waals surface area contributed by atoms with E-state index in [1.807, 2.05) is 91.5 Å². The van der Waals surface area contributed by atoms with E-state index >= 15 is 0 Å². The van der Waals surface area contributed by atoms with Gasteiger partial charge < -0.3 is 25.1 Å². The summed E-state index contributed by atoms with van der Waals surface area (Å²) in [7, 11) is 0. The van der Waals surface area contributed by atoms with Crippen molar-refractivity contribution in [2.45, 2.75) is 59.0 Å². The summed E-state index contributed by atoms with van der Waals surface area (Å²) in [5, 5.41) is 9.40. The smallest absolute Gasteiger partial charge is 0.489 e. The van der Waals surface area contributed by atoms with Crippen molar-refractivity contribution in [3.05, 3.63) is 124 Å². The second-order valence-corrected chi connectivity index (χ2v) is 10.9. The molecule has 4 aromatic carbocycles. The van der Waals surface area contributed by atoms with Crippen molar-refractivity contribution in [3.63, 3.8) is 0 Å². The molecule has 0 saturated carbocycles. The van der Waals surface area contributed by atoms with Gasteiger partial charge in [0.05, 0.1) is 0 Å². The van der Waals surface area contributed by atoms with Crippen molar-refractivity contribution in [1.82, 2.24) is 4.90 Å². The highest BCUT2D eigenvalue weighted by molar-refractivity contribution is 5.73. The molecule has 0 spiro atoms. The molecule has 0 aliphatic heterocycles. The number of halogens is 3. The first-order valence-corrected chi connectivity index (χ1v) is 14.5. The molecule has 45 heavy (non-hydrogen) atoms. The number of para-hydroxylation sites is 2. The van der Waals surface area contributed by atoms with Gasteiger partial charge in [-0.2, -0.15) is 0 Å². The fraction of sp³-hybridized carbons (Fsp3) is 0.286. The second kappa shape index (κ2) is 15.5. The number of rotatable bonds is 15. The molecule has 0 radical (unpaired) electrons. The number of nitrogens with zero attached hydrogens (tertiary/aromatic N) is 1. The van der Waals surface area contributed by atoms with Gasteiger partial charge in [-0.25, -0.2) is 0 Å². The van der Waals surface area contributed by atoms with Crippen molar-refractivity contribution in [3.8, 4) is 17.2 Å². The zero-order chi connectivity index (χ0) is 32.4. The van der Waals surface area contributed by atoms with E-state index in [-0.39, 0.29) is 31.9 Å². The number of ether oxygens (including phenoxy) is 3. The number of aryl methyl sites for hydroxylation is 2. The molecule has 4 aromatic rings. The summed E-state index contributed by atoms with van der Waals surface area (Å²) in [5.41, 5.74) is 11.0. The summed E-state index contributed by atoms with van der Waals surface area (Å²) in [6, 6.07) is 26.2. The lowest BCUT2D eigenvalue weighted by Gasteiger charge is -2.26. The van der Waals surface area contributed by atoms with Crippen LogP contribution in [0.1, 0.15) is 39.8 Å². The molecular weight excluding hydrogens is 585 g/mol. The van der Waals surface area contributed by atoms with Crippen LogP contribution < -0.4 is 19.9 Å². The van der Waals surface area contributed by atoms with E-state index in [4.69, 9.17) is 15.2 Å². The summed E-state index contributed by atoms with van der Waals surface area (Å²) in [6.45, 7) is 4.95. The molecule has 0 heterocycles. The number of alkyl halides is 3. The minimum Gasteiger partial charge on any atom is -0.489 e.